The van der Waals surface area contributed by atoms with Gasteiger partial charge in [0.1, 0.15) is 5.82 Å². The number of halogens is 1. The Bertz CT molecular complexity index is 1190. The number of rotatable bonds is 9. The summed E-state index contributed by atoms with van der Waals surface area (Å²) in [4.78, 5) is 31.3. The Morgan fingerprint density at radius 1 is 0.970 bits per heavy atom. The molecule has 2 heterocycles. The molecule has 8 heteroatoms. The second kappa shape index (κ2) is 11.0. The lowest BCUT2D eigenvalue weighted by Crippen LogP contribution is -2.34. The third-order valence-electron chi connectivity index (χ3n) is 4.90. The van der Waals surface area contributed by atoms with E-state index >= 15 is 0 Å². The zero-order chi connectivity index (χ0) is 23.0. The molecule has 0 radical (unpaired) electrons. The topological polar surface area (TPSA) is 59.5 Å². The second-order valence-corrected chi connectivity index (χ2v) is 8.90. The molecule has 0 atom stereocenters. The molecule has 5 nitrogen and oxygen atoms in total. The van der Waals surface area contributed by atoms with Gasteiger partial charge in [-0.3, -0.25) is 14.5 Å². The van der Waals surface area contributed by atoms with Crippen molar-refractivity contribution in [3.05, 3.63) is 93.7 Å². The quantitative estimate of drug-likeness (QED) is 0.288. The van der Waals surface area contributed by atoms with E-state index < -0.39 is 5.97 Å². The minimum atomic E-state index is -0.416. The van der Waals surface area contributed by atoms with Crippen molar-refractivity contribution >= 4 is 39.7 Å². The van der Waals surface area contributed by atoms with Crippen molar-refractivity contribution in [3.63, 3.8) is 0 Å². The predicted molar refractivity (Wildman–Crippen MR) is 129 cm³/mol. The number of esters is 1. The Balaban J connectivity index is 1.45. The maximum absolute atomic E-state index is 13.3. The molecule has 2 aromatic heterocycles. The monoisotopic (exact) mass is 480 g/mol. The standard InChI is InChI=1S/C25H21FN2O3S2/c26-21-9-7-20(8-10-21)22-17-33-25(27-22)28(14-18-4-2-1-3-5-18)23(29)15-31-24(30)11-6-19-12-13-32-16-19/h1-5,7-10,12-13,16-17H,6,11,14-15H2. The molecule has 0 saturated heterocycles. The lowest BCUT2D eigenvalue weighted by Gasteiger charge is -2.20. The molecule has 0 N–H and O–H groups in total. The van der Waals surface area contributed by atoms with Crippen molar-refractivity contribution in [2.75, 3.05) is 11.5 Å². The number of hydrogen-bond donors (Lipinski definition) is 0. The fourth-order valence-electron chi connectivity index (χ4n) is 3.14. The summed E-state index contributed by atoms with van der Waals surface area (Å²) in [7, 11) is 0. The third-order valence-corrected chi connectivity index (χ3v) is 6.50. The number of aromatic nitrogens is 1. The van der Waals surface area contributed by atoms with E-state index in [0.717, 1.165) is 16.7 Å². The van der Waals surface area contributed by atoms with Crippen LogP contribution in [0.3, 0.4) is 0 Å². The normalized spacial score (nSPS) is 10.7. The van der Waals surface area contributed by atoms with Gasteiger partial charge in [-0.05, 0) is 58.6 Å². The minimum absolute atomic E-state index is 0.217. The van der Waals surface area contributed by atoms with E-state index in [-0.39, 0.29) is 24.8 Å². The average Bonchev–Trinajstić information content (AvgIpc) is 3.53. The van der Waals surface area contributed by atoms with Gasteiger partial charge in [0.15, 0.2) is 11.7 Å². The van der Waals surface area contributed by atoms with Crippen LogP contribution >= 0.6 is 22.7 Å². The molecular weight excluding hydrogens is 459 g/mol. The number of hydrogen-bond acceptors (Lipinski definition) is 6. The first-order valence-electron chi connectivity index (χ1n) is 10.3. The van der Waals surface area contributed by atoms with Crippen molar-refractivity contribution in [2.24, 2.45) is 0 Å². The summed E-state index contributed by atoms with van der Waals surface area (Å²) in [5.74, 6) is -1.10. The molecule has 0 aliphatic heterocycles. The van der Waals surface area contributed by atoms with E-state index in [4.69, 9.17) is 4.74 Å². The molecule has 4 rings (SSSR count). The molecule has 0 spiro atoms. The fourth-order valence-corrected chi connectivity index (χ4v) is 4.70. The first-order valence-corrected chi connectivity index (χ1v) is 12.1. The van der Waals surface area contributed by atoms with Crippen LogP contribution < -0.4 is 4.90 Å². The molecule has 33 heavy (non-hydrogen) atoms. The smallest absolute Gasteiger partial charge is 0.306 e. The predicted octanol–water partition coefficient (Wildman–Crippen LogP) is 5.72. The van der Waals surface area contributed by atoms with E-state index in [1.165, 1.54) is 28.4 Å². The molecule has 2 aromatic carbocycles. The number of thiophene rings is 1. The van der Waals surface area contributed by atoms with Crippen LogP contribution in [0.1, 0.15) is 17.5 Å². The number of carbonyl (C=O) groups excluding carboxylic acids is 2. The zero-order valence-electron chi connectivity index (χ0n) is 17.6. The van der Waals surface area contributed by atoms with E-state index in [9.17, 15) is 14.0 Å². The Morgan fingerprint density at radius 2 is 1.76 bits per heavy atom. The van der Waals surface area contributed by atoms with Crippen LogP contribution in [0, 0.1) is 5.82 Å². The van der Waals surface area contributed by atoms with Crippen molar-refractivity contribution in [1.29, 1.82) is 0 Å². The first-order chi connectivity index (χ1) is 16.1. The maximum atomic E-state index is 13.3. The van der Waals surface area contributed by atoms with E-state index in [1.807, 2.05) is 52.5 Å². The van der Waals surface area contributed by atoms with Crippen molar-refractivity contribution < 1.29 is 18.7 Å². The van der Waals surface area contributed by atoms with Gasteiger partial charge in [-0.25, -0.2) is 9.37 Å². The number of amides is 1. The summed E-state index contributed by atoms with van der Waals surface area (Å²) >= 11 is 2.88. The molecule has 0 unspecified atom stereocenters. The van der Waals surface area contributed by atoms with Gasteiger partial charge in [-0.1, -0.05) is 30.3 Å². The molecule has 4 aromatic rings. The highest BCUT2D eigenvalue weighted by Gasteiger charge is 2.21. The van der Waals surface area contributed by atoms with E-state index in [0.29, 0.717) is 23.8 Å². The maximum Gasteiger partial charge on any atom is 0.306 e. The SMILES string of the molecule is O=C(CCc1ccsc1)OCC(=O)N(Cc1ccccc1)c1nc(-c2ccc(F)cc2)cs1. The second-order valence-electron chi connectivity index (χ2n) is 7.28. The van der Waals surface area contributed by atoms with Crippen LogP contribution in [0.2, 0.25) is 0 Å². The average molecular weight is 481 g/mol. The van der Waals surface area contributed by atoms with E-state index in [1.54, 1.807) is 23.5 Å². The number of thiazole rings is 1. The van der Waals surface area contributed by atoms with Crippen molar-refractivity contribution in [2.45, 2.75) is 19.4 Å². The Labute approximate surface area is 199 Å². The van der Waals surface area contributed by atoms with Gasteiger partial charge in [0, 0.05) is 17.4 Å². The number of benzene rings is 2. The Hall–Kier alpha value is -3.36. The Morgan fingerprint density at radius 3 is 2.48 bits per heavy atom. The van der Waals surface area contributed by atoms with Gasteiger partial charge in [0.05, 0.1) is 12.2 Å². The summed E-state index contributed by atoms with van der Waals surface area (Å²) in [6, 6.07) is 17.5. The van der Waals surface area contributed by atoms with Crippen LogP contribution in [-0.2, 0) is 27.3 Å². The summed E-state index contributed by atoms with van der Waals surface area (Å²) in [5.41, 5.74) is 3.40. The zero-order valence-corrected chi connectivity index (χ0v) is 19.3. The van der Waals surface area contributed by atoms with Gasteiger partial charge in [-0.15, -0.1) is 11.3 Å². The van der Waals surface area contributed by atoms with Crippen molar-refractivity contribution in [3.8, 4) is 11.3 Å². The largest absolute Gasteiger partial charge is 0.456 e. The lowest BCUT2D eigenvalue weighted by atomic mass is 10.2. The lowest BCUT2D eigenvalue weighted by molar-refractivity contribution is -0.147. The van der Waals surface area contributed by atoms with Gasteiger partial charge >= 0.3 is 5.97 Å². The van der Waals surface area contributed by atoms with Crippen LogP contribution in [0.4, 0.5) is 9.52 Å². The Kier molecular flexibility index (Phi) is 7.59. The summed E-state index contributed by atoms with van der Waals surface area (Å²) in [6.07, 6.45) is 0.798. The summed E-state index contributed by atoms with van der Waals surface area (Å²) in [5, 5.41) is 6.25. The number of ether oxygens (including phenoxy) is 1. The summed E-state index contributed by atoms with van der Waals surface area (Å²) in [6.45, 7) is -0.0662. The number of nitrogens with zero attached hydrogens (tertiary/aromatic N) is 2. The molecule has 0 bridgehead atoms. The van der Waals surface area contributed by atoms with E-state index in [2.05, 4.69) is 4.98 Å². The van der Waals surface area contributed by atoms with Gasteiger partial charge in [0.2, 0.25) is 0 Å². The molecule has 168 valence electrons. The van der Waals surface area contributed by atoms with Crippen molar-refractivity contribution in [1.82, 2.24) is 4.98 Å². The minimum Gasteiger partial charge on any atom is -0.456 e. The highest BCUT2D eigenvalue weighted by Crippen LogP contribution is 2.29. The van der Waals surface area contributed by atoms with Crippen LogP contribution in [0.5, 0.6) is 0 Å². The highest BCUT2D eigenvalue weighted by molar-refractivity contribution is 7.14. The van der Waals surface area contributed by atoms with Gasteiger partial charge in [0.25, 0.3) is 5.91 Å². The fraction of sp³-hybridized carbons (Fsp3) is 0.160. The first kappa shape index (κ1) is 22.8. The number of aryl methyl sites for hydroxylation is 1. The third kappa shape index (κ3) is 6.34. The summed E-state index contributed by atoms with van der Waals surface area (Å²) < 4.78 is 18.5. The van der Waals surface area contributed by atoms with Gasteiger partial charge < -0.3 is 4.74 Å². The molecule has 1 amide bonds. The van der Waals surface area contributed by atoms with Crippen LogP contribution in [-0.4, -0.2) is 23.5 Å². The van der Waals surface area contributed by atoms with Gasteiger partial charge in [-0.2, -0.15) is 11.3 Å². The number of carbonyl (C=O) groups is 2. The number of anilines is 1. The molecule has 0 aliphatic carbocycles. The van der Waals surface area contributed by atoms with Crippen LogP contribution in [0.25, 0.3) is 11.3 Å². The van der Waals surface area contributed by atoms with Crippen LogP contribution in [0.15, 0.2) is 76.8 Å². The molecule has 0 fully saturated rings. The highest BCUT2D eigenvalue weighted by atomic mass is 32.1. The molecule has 0 saturated carbocycles. The molecule has 0 aliphatic rings. The molecular formula is C25H21FN2O3S2.